The topological polar surface area (TPSA) is 68.5 Å². The quantitative estimate of drug-likeness (QED) is 0.902. The molecule has 1 aliphatic heterocycles. The highest BCUT2D eigenvalue weighted by Gasteiger charge is 2.25. The number of carbonyl (C=O) groups excluding carboxylic acids is 1. The lowest BCUT2D eigenvalue weighted by molar-refractivity contribution is -0.0226. The van der Waals surface area contributed by atoms with E-state index in [-0.39, 0.29) is 17.8 Å². The second kappa shape index (κ2) is 5.67. The minimum absolute atomic E-state index is 0.0805. The van der Waals surface area contributed by atoms with Gasteiger partial charge in [-0.15, -0.1) is 0 Å². The van der Waals surface area contributed by atoms with Crippen molar-refractivity contribution in [3.63, 3.8) is 0 Å². The largest absolute Gasteiger partial charge is 0.383 e. The first kappa shape index (κ1) is 13.3. The first-order chi connectivity index (χ1) is 8.61. The van der Waals surface area contributed by atoms with Gasteiger partial charge in [-0.05, 0) is 28.4 Å². The van der Waals surface area contributed by atoms with Crippen LogP contribution in [0.4, 0.5) is 5.82 Å². The average Bonchev–Trinajstić information content (AvgIpc) is 2.41. The number of ether oxygens (including phenoxy) is 1. The van der Waals surface area contributed by atoms with Crippen LogP contribution in [0.3, 0.4) is 0 Å². The summed E-state index contributed by atoms with van der Waals surface area (Å²) in [4.78, 5) is 18.1. The van der Waals surface area contributed by atoms with Crippen molar-refractivity contribution in [2.75, 3.05) is 25.4 Å². The van der Waals surface area contributed by atoms with Crippen molar-refractivity contribution in [3.05, 3.63) is 22.3 Å². The molecule has 0 saturated carbocycles. The Balaban J connectivity index is 2.17. The Labute approximate surface area is 114 Å². The lowest BCUT2D eigenvalue weighted by atomic mass is 10.1. The van der Waals surface area contributed by atoms with Gasteiger partial charge in [0.15, 0.2) is 0 Å². The van der Waals surface area contributed by atoms with Crippen LogP contribution in [-0.2, 0) is 4.74 Å². The minimum Gasteiger partial charge on any atom is -0.383 e. The molecule has 2 heterocycles. The molecule has 5 nitrogen and oxygen atoms in total. The van der Waals surface area contributed by atoms with E-state index >= 15 is 0 Å². The first-order valence-electron chi connectivity index (χ1n) is 5.93. The SMILES string of the molecule is CCC1CN(C(=O)c2cc(Br)cnc2N)CCO1. The number of carbonyl (C=O) groups is 1. The number of hydrogen-bond donors (Lipinski definition) is 1. The molecule has 18 heavy (non-hydrogen) atoms. The molecule has 0 spiro atoms. The molecule has 1 atom stereocenters. The lowest BCUT2D eigenvalue weighted by Gasteiger charge is -2.32. The molecule has 1 unspecified atom stereocenters. The fourth-order valence-corrected chi connectivity index (χ4v) is 2.27. The number of anilines is 1. The first-order valence-corrected chi connectivity index (χ1v) is 6.73. The summed E-state index contributed by atoms with van der Waals surface area (Å²) in [6.07, 6.45) is 2.60. The monoisotopic (exact) mass is 313 g/mol. The molecule has 1 saturated heterocycles. The van der Waals surface area contributed by atoms with E-state index in [2.05, 4.69) is 20.9 Å². The van der Waals surface area contributed by atoms with Gasteiger partial charge in [0, 0.05) is 23.8 Å². The minimum atomic E-state index is -0.0805. The van der Waals surface area contributed by atoms with Crippen molar-refractivity contribution in [1.82, 2.24) is 9.88 Å². The van der Waals surface area contributed by atoms with Crippen LogP contribution < -0.4 is 5.73 Å². The maximum atomic E-state index is 12.4. The smallest absolute Gasteiger partial charge is 0.257 e. The highest BCUT2D eigenvalue weighted by atomic mass is 79.9. The maximum Gasteiger partial charge on any atom is 0.257 e. The molecule has 0 bridgehead atoms. The molecule has 1 aromatic heterocycles. The van der Waals surface area contributed by atoms with Gasteiger partial charge in [0.2, 0.25) is 0 Å². The fourth-order valence-electron chi connectivity index (χ4n) is 1.94. The van der Waals surface area contributed by atoms with Gasteiger partial charge < -0.3 is 15.4 Å². The predicted octanol–water partition coefficient (Wildman–Crippen LogP) is 1.68. The van der Waals surface area contributed by atoms with Gasteiger partial charge >= 0.3 is 0 Å². The summed E-state index contributed by atoms with van der Waals surface area (Å²) in [5, 5.41) is 0. The van der Waals surface area contributed by atoms with Gasteiger partial charge in [-0.2, -0.15) is 0 Å². The molecular formula is C12H16BrN3O2. The van der Waals surface area contributed by atoms with E-state index in [9.17, 15) is 4.79 Å². The van der Waals surface area contributed by atoms with Crippen LogP contribution in [-0.4, -0.2) is 41.6 Å². The van der Waals surface area contributed by atoms with Crippen LogP contribution in [0.1, 0.15) is 23.7 Å². The van der Waals surface area contributed by atoms with E-state index in [1.165, 1.54) is 0 Å². The van der Waals surface area contributed by atoms with E-state index in [4.69, 9.17) is 10.5 Å². The van der Waals surface area contributed by atoms with Crippen LogP contribution in [0, 0.1) is 0 Å². The third-order valence-corrected chi connectivity index (χ3v) is 3.43. The molecule has 6 heteroatoms. The van der Waals surface area contributed by atoms with Gasteiger partial charge in [0.05, 0.1) is 18.3 Å². The molecule has 1 aliphatic rings. The van der Waals surface area contributed by atoms with E-state index in [0.717, 1.165) is 10.9 Å². The number of nitrogen functional groups attached to an aromatic ring is 1. The third-order valence-electron chi connectivity index (χ3n) is 3.00. The molecule has 98 valence electrons. The Kier molecular flexibility index (Phi) is 4.19. The number of aromatic nitrogens is 1. The molecule has 2 rings (SSSR count). The number of nitrogens with two attached hydrogens (primary N) is 1. The van der Waals surface area contributed by atoms with Gasteiger partial charge in [0.1, 0.15) is 5.82 Å². The summed E-state index contributed by atoms with van der Waals surface area (Å²) in [6, 6.07) is 1.71. The van der Waals surface area contributed by atoms with Crippen molar-refractivity contribution in [2.24, 2.45) is 0 Å². The van der Waals surface area contributed by atoms with Gasteiger partial charge in [-0.3, -0.25) is 4.79 Å². The summed E-state index contributed by atoms with van der Waals surface area (Å²) in [5.74, 6) is 0.186. The Hall–Kier alpha value is -1.14. The zero-order chi connectivity index (χ0) is 13.1. The van der Waals surface area contributed by atoms with E-state index < -0.39 is 0 Å². The summed E-state index contributed by atoms with van der Waals surface area (Å²) in [7, 11) is 0. The highest BCUT2D eigenvalue weighted by molar-refractivity contribution is 9.10. The van der Waals surface area contributed by atoms with Gasteiger partial charge in [-0.1, -0.05) is 6.92 Å². The van der Waals surface area contributed by atoms with Crippen molar-refractivity contribution < 1.29 is 9.53 Å². The number of halogens is 1. The molecule has 1 aromatic rings. The Bertz CT molecular complexity index is 453. The van der Waals surface area contributed by atoms with Crippen molar-refractivity contribution in [2.45, 2.75) is 19.4 Å². The molecule has 1 amide bonds. The molecule has 1 fully saturated rings. The predicted molar refractivity (Wildman–Crippen MR) is 72.3 cm³/mol. The van der Waals surface area contributed by atoms with Gasteiger partial charge in [-0.25, -0.2) is 4.98 Å². The second-order valence-electron chi connectivity index (χ2n) is 4.24. The average molecular weight is 314 g/mol. The van der Waals surface area contributed by atoms with Crippen molar-refractivity contribution in [1.29, 1.82) is 0 Å². The molecule has 0 radical (unpaired) electrons. The number of rotatable bonds is 2. The summed E-state index contributed by atoms with van der Waals surface area (Å²) in [5.41, 5.74) is 6.20. The molecule has 2 N–H and O–H groups in total. The van der Waals surface area contributed by atoms with E-state index in [0.29, 0.717) is 25.3 Å². The maximum absolute atomic E-state index is 12.4. The normalized spacial score (nSPS) is 19.9. The Morgan fingerprint density at radius 1 is 1.72 bits per heavy atom. The molecule has 0 aromatic carbocycles. The number of nitrogens with zero attached hydrogens (tertiary/aromatic N) is 2. The zero-order valence-electron chi connectivity index (χ0n) is 10.2. The number of pyridine rings is 1. The molecular weight excluding hydrogens is 298 g/mol. The van der Waals surface area contributed by atoms with Crippen LogP contribution in [0.2, 0.25) is 0 Å². The summed E-state index contributed by atoms with van der Waals surface area (Å²) < 4.78 is 6.30. The highest BCUT2D eigenvalue weighted by Crippen LogP contribution is 2.19. The number of hydrogen-bond acceptors (Lipinski definition) is 4. The summed E-state index contributed by atoms with van der Waals surface area (Å²) >= 11 is 3.30. The lowest BCUT2D eigenvalue weighted by Crippen LogP contribution is -2.45. The van der Waals surface area contributed by atoms with E-state index in [1.54, 1.807) is 17.2 Å². The number of amides is 1. The van der Waals surface area contributed by atoms with E-state index in [1.807, 2.05) is 6.92 Å². The summed E-state index contributed by atoms with van der Waals surface area (Å²) in [6.45, 7) is 3.84. The van der Waals surface area contributed by atoms with Crippen LogP contribution in [0.15, 0.2) is 16.7 Å². The standard InChI is InChI=1S/C12H16BrN3O2/c1-2-9-7-16(3-4-18-9)12(17)10-5-8(13)6-15-11(10)14/h5-6,9H,2-4,7H2,1H3,(H2,14,15). The Morgan fingerprint density at radius 2 is 2.50 bits per heavy atom. The van der Waals surface area contributed by atoms with Crippen LogP contribution >= 0.6 is 15.9 Å². The van der Waals surface area contributed by atoms with Crippen molar-refractivity contribution in [3.8, 4) is 0 Å². The van der Waals surface area contributed by atoms with Crippen LogP contribution in [0.5, 0.6) is 0 Å². The van der Waals surface area contributed by atoms with Crippen molar-refractivity contribution >= 4 is 27.7 Å². The van der Waals surface area contributed by atoms with Crippen LogP contribution in [0.25, 0.3) is 0 Å². The third kappa shape index (κ3) is 2.81. The Morgan fingerprint density at radius 3 is 3.22 bits per heavy atom. The van der Waals surface area contributed by atoms with Gasteiger partial charge in [0.25, 0.3) is 5.91 Å². The zero-order valence-corrected chi connectivity index (χ0v) is 11.8. The number of morpholine rings is 1. The fraction of sp³-hybridized carbons (Fsp3) is 0.500. The molecule has 0 aliphatic carbocycles. The second-order valence-corrected chi connectivity index (χ2v) is 5.15.